The monoisotopic (exact) mass is 372 g/mol. The number of rotatable bonds is 10. The molecule has 0 rings (SSSR count). The summed E-state index contributed by atoms with van der Waals surface area (Å²) >= 11 is -3.92. The van der Waals surface area contributed by atoms with Gasteiger partial charge in [0.15, 0.2) is 0 Å². The number of carbonyl (C=O) groups excluding carboxylic acids is 2. The minimum atomic E-state index is -3.92. The van der Waals surface area contributed by atoms with Crippen LogP contribution in [0.1, 0.15) is 27.7 Å². The third-order valence-corrected chi connectivity index (χ3v) is 8.82. The fraction of sp³-hybridized carbons (Fsp3) is 0.857. The fourth-order valence-corrected chi connectivity index (χ4v) is 8.18. The van der Waals surface area contributed by atoms with Gasteiger partial charge in [-0.15, -0.1) is 0 Å². The van der Waals surface area contributed by atoms with E-state index in [4.69, 9.17) is 6.64 Å². The molecule has 0 aliphatic heterocycles. The molecule has 0 aliphatic rings. The van der Waals surface area contributed by atoms with Gasteiger partial charge in [0.25, 0.3) is 0 Å². The first-order valence-electron chi connectivity index (χ1n) is 7.44. The molecule has 0 saturated heterocycles. The molecule has 0 amide bonds. The van der Waals surface area contributed by atoms with Gasteiger partial charge in [0.1, 0.15) is 0 Å². The van der Waals surface area contributed by atoms with Crippen molar-refractivity contribution >= 4 is 11.9 Å². The SMILES string of the molecule is COC(=O)C(O)[CH2][Ti]([CH2]C(O)C(=O)OC)([O]C(C)C)[O]C(C)C. The number of hydrogen-bond acceptors (Lipinski definition) is 8. The number of hydrogen-bond donors (Lipinski definition) is 2. The molecule has 0 spiro atoms. The van der Waals surface area contributed by atoms with Crippen molar-refractivity contribution in [1.82, 2.24) is 0 Å². The first-order valence-corrected chi connectivity index (χ1v) is 10.9. The average molecular weight is 372 g/mol. The molecule has 2 N–H and O–H groups in total. The Balaban J connectivity index is 5.47. The van der Waals surface area contributed by atoms with Gasteiger partial charge in [-0.25, -0.2) is 0 Å². The molecule has 0 aliphatic carbocycles. The molecule has 8 nitrogen and oxygen atoms in total. The second-order valence-electron chi connectivity index (χ2n) is 5.73. The van der Waals surface area contributed by atoms with E-state index in [0.29, 0.717) is 0 Å². The Bertz CT molecular complexity index is 349. The quantitative estimate of drug-likeness (QED) is 0.426. The van der Waals surface area contributed by atoms with Crippen LogP contribution >= 0.6 is 0 Å². The van der Waals surface area contributed by atoms with Crippen molar-refractivity contribution in [2.45, 2.75) is 61.6 Å². The molecule has 0 fully saturated rings. The summed E-state index contributed by atoms with van der Waals surface area (Å²) in [7, 11) is 2.33. The molecule has 0 radical (unpaired) electrons. The molecular weight excluding hydrogens is 344 g/mol. The van der Waals surface area contributed by atoms with Crippen LogP contribution in [-0.2, 0) is 43.1 Å². The Morgan fingerprint density at radius 3 is 1.35 bits per heavy atom. The Labute approximate surface area is 141 Å². The van der Waals surface area contributed by atoms with Crippen molar-refractivity contribution in [2.24, 2.45) is 0 Å². The van der Waals surface area contributed by atoms with Gasteiger partial charge < -0.3 is 0 Å². The molecule has 0 heterocycles. The van der Waals surface area contributed by atoms with Crippen LogP contribution in [0.2, 0.25) is 9.45 Å². The Morgan fingerprint density at radius 1 is 0.826 bits per heavy atom. The topological polar surface area (TPSA) is 112 Å². The van der Waals surface area contributed by atoms with Crippen LogP contribution in [0.15, 0.2) is 0 Å². The average Bonchev–Trinajstić information content (AvgIpc) is 2.43. The molecule has 0 saturated carbocycles. The van der Waals surface area contributed by atoms with E-state index in [1.165, 1.54) is 0 Å². The van der Waals surface area contributed by atoms with Gasteiger partial charge in [-0.1, -0.05) is 0 Å². The molecule has 0 bridgehead atoms. The van der Waals surface area contributed by atoms with E-state index in [0.717, 1.165) is 14.2 Å². The van der Waals surface area contributed by atoms with Crippen molar-refractivity contribution in [3.63, 3.8) is 0 Å². The fourth-order valence-electron chi connectivity index (χ4n) is 2.19. The van der Waals surface area contributed by atoms with Crippen LogP contribution < -0.4 is 0 Å². The maximum atomic E-state index is 11.5. The second-order valence-corrected chi connectivity index (χ2v) is 10.6. The number of aliphatic hydroxyl groups is 2. The van der Waals surface area contributed by atoms with E-state index in [1.807, 2.05) is 0 Å². The van der Waals surface area contributed by atoms with Crippen LogP contribution in [-0.4, -0.2) is 60.8 Å². The van der Waals surface area contributed by atoms with Crippen LogP contribution in [0, 0.1) is 0 Å². The number of carbonyl (C=O) groups is 2. The van der Waals surface area contributed by atoms with E-state index < -0.39 is 41.5 Å². The molecule has 0 aromatic heterocycles. The van der Waals surface area contributed by atoms with Crippen molar-refractivity contribution in [1.29, 1.82) is 0 Å². The van der Waals surface area contributed by atoms with Crippen LogP contribution in [0.4, 0.5) is 0 Å². The molecule has 9 heteroatoms. The van der Waals surface area contributed by atoms with Crippen LogP contribution in [0.25, 0.3) is 0 Å². The molecule has 0 aromatic carbocycles. The van der Waals surface area contributed by atoms with E-state index in [9.17, 15) is 19.8 Å². The standard InChI is InChI=1S/2C4H7O3.2C3H7O.Ti/c2*1-3(5)4(6)7-2;2*1-3(2)4;/h2*3,5H,1H2,2H3;2*3H,1-2H3;/q;;2*-1;+2. The van der Waals surface area contributed by atoms with Gasteiger partial charge in [0, 0.05) is 0 Å². The Hall–Kier alpha value is -0.506. The molecular formula is C14H28O8Ti. The van der Waals surface area contributed by atoms with Gasteiger partial charge in [0.2, 0.25) is 0 Å². The van der Waals surface area contributed by atoms with Crippen LogP contribution in [0.3, 0.4) is 0 Å². The summed E-state index contributed by atoms with van der Waals surface area (Å²) in [5.74, 6) is -1.63. The zero-order valence-electron chi connectivity index (χ0n) is 14.6. The Morgan fingerprint density at radius 2 is 1.13 bits per heavy atom. The first kappa shape index (κ1) is 22.5. The zero-order chi connectivity index (χ0) is 18.2. The number of aliphatic hydroxyl groups excluding tert-OH is 2. The number of methoxy groups -OCH3 is 2. The van der Waals surface area contributed by atoms with E-state index >= 15 is 0 Å². The Kier molecular flexibility index (Phi) is 10.1. The van der Waals surface area contributed by atoms with Gasteiger partial charge in [-0.05, 0) is 0 Å². The third-order valence-electron chi connectivity index (χ3n) is 2.86. The van der Waals surface area contributed by atoms with E-state index in [-0.39, 0.29) is 21.7 Å². The van der Waals surface area contributed by atoms with Gasteiger partial charge in [0.05, 0.1) is 0 Å². The summed E-state index contributed by atoms with van der Waals surface area (Å²) in [4.78, 5) is 23.1. The van der Waals surface area contributed by atoms with E-state index in [2.05, 4.69) is 9.47 Å². The summed E-state index contributed by atoms with van der Waals surface area (Å²) in [5.41, 5.74) is 0. The third kappa shape index (κ3) is 8.24. The molecule has 136 valence electrons. The number of ether oxygens (including phenoxy) is 2. The van der Waals surface area contributed by atoms with Crippen molar-refractivity contribution in [3.05, 3.63) is 0 Å². The van der Waals surface area contributed by atoms with Gasteiger partial charge in [-0.2, -0.15) is 0 Å². The van der Waals surface area contributed by atoms with Crippen LogP contribution in [0.5, 0.6) is 0 Å². The molecule has 2 atom stereocenters. The molecule has 23 heavy (non-hydrogen) atoms. The summed E-state index contributed by atoms with van der Waals surface area (Å²) in [5, 5.41) is 20.0. The summed E-state index contributed by atoms with van der Waals surface area (Å²) < 4.78 is 20.6. The minimum absolute atomic E-state index is 0.114. The van der Waals surface area contributed by atoms with Gasteiger partial charge >= 0.3 is 141 Å². The zero-order valence-corrected chi connectivity index (χ0v) is 16.1. The summed E-state index contributed by atoms with van der Waals surface area (Å²) in [6, 6.07) is 0. The summed E-state index contributed by atoms with van der Waals surface area (Å²) in [6.07, 6.45) is -3.41. The van der Waals surface area contributed by atoms with Crippen molar-refractivity contribution in [2.75, 3.05) is 14.2 Å². The number of esters is 2. The van der Waals surface area contributed by atoms with Gasteiger partial charge in [-0.3, -0.25) is 0 Å². The predicted octanol–water partition coefficient (Wildman–Crippen LogP) is 0.725. The van der Waals surface area contributed by atoms with E-state index in [1.54, 1.807) is 27.7 Å². The molecule has 2 unspecified atom stereocenters. The first-order chi connectivity index (χ1) is 10.6. The second kappa shape index (κ2) is 10.4. The predicted molar refractivity (Wildman–Crippen MR) is 78.1 cm³/mol. The normalized spacial score (nSPS) is 14.7. The summed E-state index contributed by atoms with van der Waals surface area (Å²) in [6.45, 7) is 7.11. The molecule has 0 aromatic rings. The van der Waals surface area contributed by atoms with Crippen molar-refractivity contribution in [3.8, 4) is 0 Å². The maximum absolute atomic E-state index is 11.5. The van der Waals surface area contributed by atoms with Crippen molar-refractivity contribution < 1.29 is 53.3 Å².